The van der Waals surface area contributed by atoms with Crippen molar-refractivity contribution in [2.45, 2.75) is 44.3 Å². The molecule has 36 heavy (non-hydrogen) atoms. The Kier molecular flexibility index (Phi) is 6.85. The van der Waals surface area contributed by atoms with Gasteiger partial charge in [0, 0.05) is 19.5 Å². The minimum absolute atomic E-state index is 0.0235. The van der Waals surface area contributed by atoms with Crippen LogP contribution in [0, 0.1) is 6.92 Å². The highest BCUT2D eigenvalue weighted by Crippen LogP contribution is 2.35. The molecule has 1 atom stereocenters. The van der Waals surface area contributed by atoms with Crippen molar-refractivity contribution in [2.24, 2.45) is 5.73 Å². The third-order valence-electron chi connectivity index (χ3n) is 7.08. The van der Waals surface area contributed by atoms with Gasteiger partial charge in [0.1, 0.15) is 5.82 Å². The topological polar surface area (TPSA) is 86.3 Å². The molecule has 2 aromatic carbocycles. The van der Waals surface area contributed by atoms with Crippen LogP contribution in [0.1, 0.15) is 46.8 Å². The van der Waals surface area contributed by atoms with Gasteiger partial charge in [0.25, 0.3) is 5.91 Å². The van der Waals surface area contributed by atoms with Gasteiger partial charge in [-0.05, 0) is 62.1 Å². The molecule has 3 aromatic rings. The number of ether oxygens (including phenoxy) is 1. The maximum absolute atomic E-state index is 11.5. The summed E-state index contributed by atoms with van der Waals surface area (Å²) in [6.07, 6.45) is 10.7. The van der Waals surface area contributed by atoms with Gasteiger partial charge in [0.2, 0.25) is 5.82 Å². The number of aromatic nitrogens is 3. The van der Waals surface area contributed by atoms with E-state index in [1.54, 1.807) is 11.6 Å². The second kappa shape index (κ2) is 10.2. The van der Waals surface area contributed by atoms with Crippen molar-refractivity contribution in [2.75, 3.05) is 20.1 Å². The lowest BCUT2D eigenvalue weighted by Gasteiger charge is -2.39. The maximum atomic E-state index is 11.5. The lowest BCUT2D eigenvalue weighted by Crippen LogP contribution is -2.42. The second-order valence-electron chi connectivity index (χ2n) is 9.85. The second-order valence-corrected chi connectivity index (χ2v) is 9.85. The van der Waals surface area contributed by atoms with E-state index in [1.807, 2.05) is 18.2 Å². The highest BCUT2D eigenvalue weighted by Gasteiger charge is 2.34. The van der Waals surface area contributed by atoms with Gasteiger partial charge in [-0.15, -0.1) is 5.10 Å². The summed E-state index contributed by atoms with van der Waals surface area (Å²) in [6, 6.07) is 18.7. The van der Waals surface area contributed by atoms with E-state index in [1.165, 1.54) is 16.7 Å². The van der Waals surface area contributed by atoms with E-state index < -0.39 is 5.91 Å². The summed E-state index contributed by atoms with van der Waals surface area (Å²) in [5, 5.41) is 4.24. The Bertz CT molecular complexity index is 1270. The molecule has 0 saturated carbocycles. The molecule has 0 radical (unpaired) electrons. The molecule has 0 bridgehead atoms. The van der Waals surface area contributed by atoms with E-state index in [4.69, 9.17) is 10.5 Å². The van der Waals surface area contributed by atoms with Crippen LogP contribution in [0.3, 0.4) is 0 Å². The summed E-state index contributed by atoms with van der Waals surface area (Å²) >= 11 is 0. The third kappa shape index (κ3) is 5.32. The first-order chi connectivity index (χ1) is 17.4. The molecule has 2 aliphatic rings. The molecule has 1 amide bonds. The van der Waals surface area contributed by atoms with Crippen LogP contribution in [-0.4, -0.2) is 57.4 Å². The van der Waals surface area contributed by atoms with Crippen molar-refractivity contribution >= 4 is 11.5 Å². The normalized spacial score (nSPS) is 20.9. The van der Waals surface area contributed by atoms with Gasteiger partial charge in [-0.3, -0.25) is 4.79 Å². The number of carbonyl (C=O) groups excluding carboxylic acids is 1. The van der Waals surface area contributed by atoms with Crippen LogP contribution < -0.4 is 5.73 Å². The molecule has 2 N–H and O–H groups in total. The fraction of sp³-hybridized carbons (Fsp3) is 0.345. The summed E-state index contributed by atoms with van der Waals surface area (Å²) in [6.45, 7) is 3.94. The third-order valence-corrected chi connectivity index (χ3v) is 7.08. The highest BCUT2D eigenvalue weighted by atomic mass is 16.5. The first kappa shape index (κ1) is 24.2. The lowest BCUT2D eigenvalue weighted by molar-refractivity contribution is -0.0820. The van der Waals surface area contributed by atoms with Gasteiger partial charge in [-0.2, -0.15) is 0 Å². The van der Waals surface area contributed by atoms with Gasteiger partial charge in [0.15, 0.2) is 0 Å². The summed E-state index contributed by atoms with van der Waals surface area (Å²) in [7, 11) is 2.17. The Morgan fingerprint density at radius 1 is 1.11 bits per heavy atom. The number of nitrogens with zero attached hydrogens (tertiary/aromatic N) is 4. The van der Waals surface area contributed by atoms with Gasteiger partial charge in [-0.1, -0.05) is 60.7 Å². The Morgan fingerprint density at radius 3 is 2.44 bits per heavy atom. The van der Waals surface area contributed by atoms with Crippen LogP contribution in [0.4, 0.5) is 0 Å². The fourth-order valence-corrected chi connectivity index (χ4v) is 5.04. The molecule has 1 fully saturated rings. The Hall–Kier alpha value is -3.55. The minimum Gasteiger partial charge on any atom is -0.367 e. The standard InChI is InChI=1S/C29H33N5O2/c1-21-31-28(27(30)35)32-34(21)25-10-8-22(9-11-25)20-29(36-26-14-18-33(2)19-15-26)16-12-24(13-17-29)23-6-4-3-5-7-23/h3-13,16,26H,14-15,17-20H2,1-2H3,(H2,30,35). The van der Waals surface area contributed by atoms with Crippen LogP contribution in [-0.2, 0) is 11.2 Å². The number of carbonyl (C=O) groups is 1. The zero-order valence-corrected chi connectivity index (χ0v) is 20.9. The van der Waals surface area contributed by atoms with E-state index in [9.17, 15) is 4.79 Å². The average molecular weight is 484 g/mol. The van der Waals surface area contributed by atoms with E-state index in [-0.39, 0.29) is 17.5 Å². The molecule has 2 heterocycles. The smallest absolute Gasteiger partial charge is 0.288 e. The quantitative estimate of drug-likeness (QED) is 0.547. The van der Waals surface area contributed by atoms with Crippen molar-refractivity contribution in [3.63, 3.8) is 0 Å². The van der Waals surface area contributed by atoms with E-state index >= 15 is 0 Å². The largest absolute Gasteiger partial charge is 0.367 e. The summed E-state index contributed by atoms with van der Waals surface area (Å²) < 4.78 is 8.53. The molecule has 1 aliphatic carbocycles. The van der Waals surface area contributed by atoms with Crippen LogP contribution in [0.2, 0.25) is 0 Å². The molecule has 186 valence electrons. The van der Waals surface area contributed by atoms with Crippen LogP contribution >= 0.6 is 0 Å². The van der Waals surface area contributed by atoms with Crippen LogP contribution in [0.15, 0.2) is 72.8 Å². The monoisotopic (exact) mass is 483 g/mol. The van der Waals surface area contributed by atoms with E-state index in [2.05, 4.69) is 76.7 Å². The number of nitrogens with two attached hydrogens (primary N) is 1. The zero-order chi connectivity index (χ0) is 25.1. The summed E-state index contributed by atoms with van der Waals surface area (Å²) in [5.41, 5.74) is 9.44. The number of hydrogen-bond acceptors (Lipinski definition) is 5. The molecular formula is C29H33N5O2. The number of rotatable bonds is 7. The Labute approximate surface area is 212 Å². The number of likely N-dealkylation sites (tertiary alicyclic amines) is 1. The van der Waals surface area contributed by atoms with E-state index in [0.717, 1.165) is 44.5 Å². The number of amides is 1. The van der Waals surface area contributed by atoms with Gasteiger partial charge in [-0.25, -0.2) is 9.67 Å². The zero-order valence-electron chi connectivity index (χ0n) is 20.9. The van der Waals surface area contributed by atoms with Gasteiger partial charge in [0.05, 0.1) is 17.4 Å². The molecule has 1 aromatic heterocycles. The molecule has 7 nitrogen and oxygen atoms in total. The van der Waals surface area contributed by atoms with Crippen molar-refractivity contribution in [3.8, 4) is 5.69 Å². The number of hydrogen-bond donors (Lipinski definition) is 1. The molecular weight excluding hydrogens is 450 g/mol. The Morgan fingerprint density at radius 2 is 1.83 bits per heavy atom. The van der Waals surface area contributed by atoms with E-state index in [0.29, 0.717) is 5.82 Å². The van der Waals surface area contributed by atoms with Crippen LogP contribution in [0.5, 0.6) is 0 Å². The maximum Gasteiger partial charge on any atom is 0.288 e. The predicted octanol–water partition coefficient (Wildman–Crippen LogP) is 4.11. The number of piperidine rings is 1. The van der Waals surface area contributed by atoms with Crippen LogP contribution in [0.25, 0.3) is 11.3 Å². The molecule has 0 spiro atoms. The number of aryl methyl sites for hydroxylation is 1. The van der Waals surface area contributed by atoms with Crippen molar-refractivity contribution in [1.82, 2.24) is 19.7 Å². The SMILES string of the molecule is Cc1nc(C(N)=O)nn1-c1ccc(CC2(OC3CCN(C)CC3)C=CC(c3ccccc3)=CC2)cc1. The molecule has 5 rings (SSSR count). The van der Waals surface area contributed by atoms with Crippen molar-refractivity contribution in [1.29, 1.82) is 0 Å². The fourth-order valence-electron chi connectivity index (χ4n) is 5.04. The first-order valence-corrected chi connectivity index (χ1v) is 12.5. The number of primary amides is 1. The molecule has 1 unspecified atom stereocenters. The lowest BCUT2D eigenvalue weighted by atomic mass is 9.84. The first-order valence-electron chi connectivity index (χ1n) is 12.5. The number of benzene rings is 2. The van der Waals surface area contributed by atoms with Gasteiger partial charge < -0.3 is 15.4 Å². The minimum atomic E-state index is -0.631. The molecule has 7 heteroatoms. The van der Waals surface area contributed by atoms with Gasteiger partial charge >= 0.3 is 0 Å². The average Bonchev–Trinajstić information content (AvgIpc) is 3.29. The predicted molar refractivity (Wildman–Crippen MR) is 141 cm³/mol. The molecule has 1 aliphatic heterocycles. The van der Waals surface area contributed by atoms with Crippen molar-refractivity contribution < 1.29 is 9.53 Å². The Balaban J connectivity index is 1.37. The molecule has 1 saturated heterocycles. The summed E-state index contributed by atoms with van der Waals surface area (Å²) in [5.74, 6) is 0.0105. The summed E-state index contributed by atoms with van der Waals surface area (Å²) in [4.78, 5) is 18.0. The highest BCUT2D eigenvalue weighted by molar-refractivity contribution is 5.88. The van der Waals surface area contributed by atoms with Crippen molar-refractivity contribution in [3.05, 3.63) is 95.6 Å². The number of allylic oxidation sites excluding steroid dienone is 2.